The van der Waals surface area contributed by atoms with Crippen LogP contribution in [-0.4, -0.2) is 23.0 Å². The number of rotatable bonds is 3. The highest BCUT2D eigenvalue weighted by molar-refractivity contribution is 7.15. The molecule has 19 heavy (non-hydrogen) atoms. The summed E-state index contributed by atoms with van der Waals surface area (Å²) in [6.45, 7) is 3.17. The van der Waals surface area contributed by atoms with Crippen LogP contribution >= 0.6 is 11.3 Å². The highest BCUT2D eigenvalue weighted by Gasteiger charge is 2.17. The average Bonchev–Trinajstić information content (AvgIpc) is 3.01. The molecule has 0 aliphatic carbocycles. The Morgan fingerprint density at radius 3 is 2.58 bits per heavy atom. The summed E-state index contributed by atoms with van der Waals surface area (Å²) in [6.07, 6.45) is 2.53. The highest BCUT2D eigenvalue weighted by Crippen LogP contribution is 2.31. The quantitative estimate of drug-likeness (QED) is 0.937. The predicted octanol–water partition coefficient (Wildman–Crippen LogP) is 3.13. The first kappa shape index (κ1) is 12.6. The summed E-state index contributed by atoms with van der Waals surface area (Å²) in [5.74, 6) is -0.229. The minimum atomic E-state index is -0.229. The fourth-order valence-corrected chi connectivity index (χ4v) is 3.35. The summed E-state index contributed by atoms with van der Waals surface area (Å²) in [4.78, 5) is 7.99. The van der Waals surface area contributed by atoms with Crippen LogP contribution < -0.4 is 5.73 Å². The SMILES string of the molecule is Nc1nc(-c2ccc(F)cc2)c(CN2CCCC2)s1. The van der Waals surface area contributed by atoms with Gasteiger partial charge in [-0.3, -0.25) is 4.90 Å². The van der Waals surface area contributed by atoms with E-state index in [1.807, 2.05) is 0 Å². The van der Waals surface area contributed by atoms with E-state index in [-0.39, 0.29) is 5.82 Å². The van der Waals surface area contributed by atoms with Crippen LogP contribution in [0.5, 0.6) is 0 Å². The first-order valence-corrected chi connectivity index (χ1v) is 7.27. The van der Waals surface area contributed by atoms with Gasteiger partial charge in [-0.25, -0.2) is 9.37 Å². The maximum atomic E-state index is 13.0. The van der Waals surface area contributed by atoms with Crippen molar-refractivity contribution in [2.24, 2.45) is 0 Å². The fourth-order valence-electron chi connectivity index (χ4n) is 2.45. The Morgan fingerprint density at radius 1 is 1.21 bits per heavy atom. The van der Waals surface area contributed by atoms with Crippen molar-refractivity contribution in [3.05, 3.63) is 35.0 Å². The Kier molecular flexibility index (Phi) is 3.48. The maximum Gasteiger partial charge on any atom is 0.180 e. The van der Waals surface area contributed by atoms with E-state index in [9.17, 15) is 4.39 Å². The standard InChI is InChI=1S/C14H16FN3S/c15-11-5-3-10(4-6-11)13-12(19-14(16)17-13)9-18-7-1-2-8-18/h3-6H,1-2,7-9H2,(H2,16,17). The molecule has 1 aromatic heterocycles. The Balaban J connectivity index is 1.89. The van der Waals surface area contributed by atoms with Gasteiger partial charge in [-0.15, -0.1) is 11.3 Å². The number of thiazole rings is 1. The number of benzene rings is 1. The smallest absolute Gasteiger partial charge is 0.180 e. The number of anilines is 1. The fraction of sp³-hybridized carbons (Fsp3) is 0.357. The molecule has 0 bridgehead atoms. The molecule has 5 heteroatoms. The maximum absolute atomic E-state index is 13.0. The second kappa shape index (κ2) is 5.27. The molecule has 0 saturated carbocycles. The Morgan fingerprint density at radius 2 is 1.89 bits per heavy atom. The summed E-state index contributed by atoms with van der Waals surface area (Å²) < 4.78 is 13.0. The van der Waals surface area contributed by atoms with Gasteiger partial charge in [-0.05, 0) is 50.2 Å². The third kappa shape index (κ3) is 2.77. The van der Waals surface area contributed by atoms with Crippen LogP contribution in [0.1, 0.15) is 17.7 Å². The van der Waals surface area contributed by atoms with Gasteiger partial charge in [0.25, 0.3) is 0 Å². The van der Waals surface area contributed by atoms with E-state index in [0.717, 1.165) is 30.9 Å². The normalized spacial score (nSPS) is 16.1. The molecule has 1 fully saturated rings. The van der Waals surface area contributed by atoms with Crippen LogP contribution in [0.2, 0.25) is 0 Å². The lowest BCUT2D eigenvalue weighted by Crippen LogP contribution is -2.18. The summed E-state index contributed by atoms with van der Waals surface area (Å²) in [5.41, 5.74) is 7.67. The molecule has 0 radical (unpaired) electrons. The largest absolute Gasteiger partial charge is 0.375 e. The van der Waals surface area contributed by atoms with Gasteiger partial charge < -0.3 is 5.73 Å². The number of halogens is 1. The zero-order valence-corrected chi connectivity index (χ0v) is 11.4. The van der Waals surface area contributed by atoms with Crippen LogP contribution in [-0.2, 0) is 6.54 Å². The van der Waals surface area contributed by atoms with E-state index in [2.05, 4.69) is 9.88 Å². The molecule has 3 nitrogen and oxygen atoms in total. The second-order valence-electron chi connectivity index (χ2n) is 4.81. The van der Waals surface area contributed by atoms with Gasteiger partial charge >= 0.3 is 0 Å². The molecule has 1 aliphatic heterocycles. The lowest BCUT2D eigenvalue weighted by Gasteiger charge is -2.13. The first-order valence-electron chi connectivity index (χ1n) is 6.46. The second-order valence-corrected chi connectivity index (χ2v) is 5.93. The van der Waals surface area contributed by atoms with Crippen LogP contribution in [0.3, 0.4) is 0 Å². The van der Waals surface area contributed by atoms with Crippen LogP contribution in [0.4, 0.5) is 9.52 Å². The van der Waals surface area contributed by atoms with Gasteiger partial charge in [0.15, 0.2) is 5.13 Å². The minimum Gasteiger partial charge on any atom is -0.375 e. The molecule has 2 heterocycles. The van der Waals surface area contributed by atoms with Crippen molar-refractivity contribution in [3.8, 4) is 11.3 Å². The Hall–Kier alpha value is -1.46. The molecule has 1 aromatic carbocycles. The minimum absolute atomic E-state index is 0.229. The van der Waals surface area contributed by atoms with Crippen molar-refractivity contribution in [3.63, 3.8) is 0 Å². The van der Waals surface area contributed by atoms with E-state index < -0.39 is 0 Å². The molecule has 1 aliphatic rings. The summed E-state index contributed by atoms with van der Waals surface area (Å²) in [7, 11) is 0. The van der Waals surface area contributed by atoms with Crippen LogP contribution in [0.15, 0.2) is 24.3 Å². The monoisotopic (exact) mass is 277 g/mol. The van der Waals surface area contributed by atoms with Crippen LogP contribution in [0, 0.1) is 5.82 Å². The zero-order valence-electron chi connectivity index (χ0n) is 10.6. The molecule has 1 saturated heterocycles. The first-order chi connectivity index (χ1) is 9.22. The van der Waals surface area contributed by atoms with E-state index >= 15 is 0 Å². The van der Waals surface area contributed by atoms with Gasteiger partial charge in [-0.2, -0.15) is 0 Å². The van der Waals surface area contributed by atoms with Crippen molar-refractivity contribution in [1.29, 1.82) is 0 Å². The number of nitrogens with zero attached hydrogens (tertiary/aromatic N) is 2. The van der Waals surface area contributed by atoms with Crippen molar-refractivity contribution in [1.82, 2.24) is 9.88 Å². The van der Waals surface area contributed by atoms with Gasteiger partial charge in [0.05, 0.1) is 5.69 Å². The molecule has 0 unspecified atom stereocenters. The third-order valence-corrected chi connectivity index (χ3v) is 4.27. The van der Waals surface area contributed by atoms with Gasteiger partial charge in [0.1, 0.15) is 5.82 Å². The average molecular weight is 277 g/mol. The summed E-state index contributed by atoms with van der Waals surface area (Å²) in [5, 5.41) is 0.577. The van der Waals surface area contributed by atoms with Crippen molar-refractivity contribution >= 4 is 16.5 Å². The van der Waals surface area contributed by atoms with Crippen molar-refractivity contribution < 1.29 is 4.39 Å². The molecule has 3 rings (SSSR count). The summed E-state index contributed by atoms with van der Waals surface area (Å²) in [6, 6.07) is 6.45. The molecule has 0 amide bonds. The van der Waals surface area contributed by atoms with Gasteiger partial charge in [0, 0.05) is 17.0 Å². The Bertz CT molecular complexity index is 559. The van der Waals surface area contributed by atoms with Crippen LogP contribution in [0.25, 0.3) is 11.3 Å². The molecule has 0 spiro atoms. The van der Waals surface area contributed by atoms with Crippen molar-refractivity contribution in [2.75, 3.05) is 18.8 Å². The highest BCUT2D eigenvalue weighted by atomic mass is 32.1. The number of aromatic nitrogens is 1. The molecular formula is C14H16FN3S. The molecule has 100 valence electrons. The third-order valence-electron chi connectivity index (χ3n) is 3.40. The summed E-state index contributed by atoms with van der Waals surface area (Å²) >= 11 is 1.53. The van der Waals surface area contributed by atoms with Crippen molar-refractivity contribution in [2.45, 2.75) is 19.4 Å². The predicted molar refractivity (Wildman–Crippen MR) is 76.4 cm³/mol. The topological polar surface area (TPSA) is 42.1 Å². The van der Waals surface area contributed by atoms with E-state index in [4.69, 9.17) is 5.73 Å². The number of likely N-dealkylation sites (tertiary alicyclic amines) is 1. The molecule has 2 aromatic rings. The van der Waals surface area contributed by atoms with E-state index in [1.165, 1.54) is 41.2 Å². The zero-order chi connectivity index (χ0) is 13.2. The molecule has 0 atom stereocenters. The number of hydrogen-bond acceptors (Lipinski definition) is 4. The number of nitrogens with two attached hydrogens (primary N) is 1. The number of nitrogen functional groups attached to an aromatic ring is 1. The van der Waals surface area contributed by atoms with E-state index in [1.54, 1.807) is 12.1 Å². The Labute approximate surface area is 115 Å². The molecule has 2 N–H and O–H groups in total. The van der Waals surface area contributed by atoms with Gasteiger partial charge in [-0.1, -0.05) is 0 Å². The lowest BCUT2D eigenvalue weighted by molar-refractivity contribution is 0.334. The lowest BCUT2D eigenvalue weighted by atomic mass is 10.1. The number of hydrogen-bond donors (Lipinski definition) is 1. The molecular weight excluding hydrogens is 261 g/mol. The van der Waals surface area contributed by atoms with E-state index in [0.29, 0.717) is 5.13 Å². The van der Waals surface area contributed by atoms with Gasteiger partial charge in [0.2, 0.25) is 0 Å².